The number of aliphatic hydroxyl groups excluding tert-OH is 1. The smallest absolute Gasteiger partial charge is 0.246 e. The number of aromatic nitrogens is 3. The van der Waals surface area contributed by atoms with Gasteiger partial charge < -0.3 is 40.7 Å². The minimum absolute atomic E-state index is 0.0224. The lowest BCUT2D eigenvalue weighted by molar-refractivity contribution is -0.144. The molecule has 19 heteroatoms. The van der Waals surface area contributed by atoms with Crippen LogP contribution in [-0.4, -0.2) is 99.2 Å². The molecule has 1 aliphatic heterocycles. The molecule has 2 fully saturated rings. The largest absolute Gasteiger partial charge is 0.487 e. The second-order valence-corrected chi connectivity index (χ2v) is 20.6. The molecule has 4 amide bonds. The quantitative estimate of drug-likeness (QED) is 0.0518. The molecule has 68 heavy (non-hydrogen) atoms. The van der Waals surface area contributed by atoms with Crippen molar-refractivity contribution in [1.29, 1.82) is 0 Å². The molecular formula is C49H58ClFN8O7S2. The molecular weight excluding hydrogens is 931 g/mol. The maximum Gasteiger partial charge on any atom is 0.246 e. The van der Waals surface area contributed by atoms with Crippen molar-refractivity contribution in [1.82, 2.24) is 35.8 Å². The van der Waals surface area contributed by atoms with E-state index in [1.165, 1.54) is 22.3 Å². The highest BCUT2D eigenvalue weighted by Gasteiger charge is 2.45. The molecule has 1 saturated heterocycles. The van der Waals surface area contributed by atoms with Crippen LogP contribution in [0.4, 0.5) is 15.3 Å². The van der Waals surface area contributed by atoms with Crippen molar-refractivity contribution in [2.75, 3.05) is 31.6 Å². The molecule has 4 heterocycles. The van der Waals surface area contributed by atoms with Gasteiger partial charge in [-0.1, -0.05) is 68.8 Å². The average molecular weight is 990 g/mol. The van der Waals surface area contributed by atoms with Crippen LogP contribution in [0.5, 0.6) is 5.75 Å². The van der Waals surface area contributed by atoms with Crippen molar-refractivity contribution in [3.8, 4) is 16.2 Å². The van der Waals surface area contributed by atoms with Crippen LogP contribution >= 0.6 is 34.3 Å². The Kier molecular flexibility index (Phi) is 16.8. The minimum Gasteiger partial charge on any atom is -0.487 e. The first kappa shape index (κ1) is 50.3. The summed E-state index contributed by atoms with van der Waals surface area (Å²) < 4.78 is 26.5. The highest BCUT2D eigenvalue weighted by molar-refractivity contribution is 7.13. The number of pyridine rings is 1. The number of β-amino-alcohol motifs (C(OH)–C–C–N with tert-alkyl or cyclic N) is 1. The second kappa shape index (κ2) is 22.7. The van der Waals surface area contributed by atoms with Gasteiger partial charge >= 0.3 is 0 Å². The Morgan fingerprint density at radius 2 is 1.78 bits per heavy atom. The first-order valence-corrected chi connectivity index (χ1v) is 24.9. The van der Waals surface area contributed by atoms with E-state index in [1.807, 2.05) is 75.5 Å². The summed E-state index contributed by atoms with van der Waals surface area (Å²) in [6.45, 7) is 7.68. The maximum atomic E-state index is 14.7. The zero-order chi connectivity index (χ0) is 48.4. The number of nitrogens with zero attached hydrogens (tertiary/aromatic N) is 4. The van der Waals surface area contributed by atoms with Crippen LogP contribution in [0.1, 0.15) is 76.2 Å². The highest BCUT2D eigenvalue weighted by Crippen LogP contribution is 2.41. The summed E-state index contributed by atoms with van der Waals surface area (Å²) in [6.07, 6.45) is 3.26. The molecule has 0 unspecified atom stereocenters. The van der Waals surface area contributed by atoms with Crippen LogP contribution in [-0.2, 0) is 36.9 Å². The molecule has 5 aromatic rings. The van der Waals surface area contributed by atoms with Gasteiger partial charge in [-0.2, -0.15) is 0 Å². The molecule has 1 saturated carbocycles. The normalized spacial score (nSPS) is 19.8. The van der Waals surface area contributed by atoms with E-state index >= 15 is 0 Å². The lowest BCUT2D eigenvalue weighted by atomic mass is 9.69. The summed E-state index contributed by atoms with van der Waals surface area (Å²) in [7, 11) is 0. The van der Waals surface area contributed by atoms with Crippen LogP contribution in [0.25, 0.3) is 10.4 Å². The zero-order valence-corrected chi connectivity index (χ0v) is 40.9. The van der Waals surface area contributed by atoms with E-state index in [9.17, 15) is 28.7 Å². The lowest BCUT2D eigenvalue weighted by Gasteiger charge is -2.39. The summed E-state index contributed by atoms with van der Waals surface area (Å²) >= 11 is 9.01. The van der Waals surface area contributed by atoms with Gasteiger partial charge in [-0.15, -0.1) is 22.7 Å². The Hall–Kier alpha value is -5.53. The number of thiazole rings is 2. The number of halogens is 2. The van der Waals surface area contributed by atoms with Crippen LogP contribution in [0.3, 0.4) is 0 Å². The SMILES string of the molecule is Cc1ncsc1-c1ccc(CNC(=O)[C@@H]2C[C@@H](O)CN2C(=O)[C@@H](NC(=O)COCCCNC(=O)C2(Cc3cccc(Nc4nccs4)n3)CCC(Oc3cccc(Cl)c3F)CC2)C(C)(C)C)cc1. The van der Waals surface area contributed by atoms with E-state index in [1.54, 1.807) is 35.2 Å². The average Bonchev–Trinajstić information content (AvgIpc) is 4.09. The van der Waals surface area contributed by atoms with Crippen LogP contribution in [0.2, 0.25) is 5.02 Å². The molecule has 3 aromatic heterocycles. The third-order valence-corrected chi connectivity index (χ3v) is 14.2. The van der Waals surface area contributed by atoms with Crippen molar-refractivity contribution in [3.63, 3.8) is 0 Å². The number of likely N-dealkylation sites (tertiary alicyclic amines) is 1. The lowest BCUT2D eigenvalue weighted by Crippen LogP contribution is -2.58. The van der Waals surface area contributed by atoms with Gasteiger partial charge in [-0.05, 0) is 79.8 Å². The fourth-order valence-corrected chi connectivity index (χ4v) is 10.1. The van der Waals surface area contributed by atoms with E-state index in [0.29, 0.717) is 49.5 Å². The first-order chi connectivity index (χ1) is 32.6. The zero-order valence-electron chi connectivity index (χ0n) is 38.6. The molecule has 15 nitrogen and oxygen atoms in total. The van der Waals surface area contributed by atoms with Gasteiger partial charge in [0.05, 0.1) is 38.7 Å². The first-order valence-electron chi connectivity index (χ1n) is 22.7. The molecule has 2 aromatic carbocycles. The van der Waals surface area contributed by atoms with Gasteiger partial charge in [0.15, 0.2) is 16.7 Å². The summed E-state index contributed by atoms with van der Waals surface area (Å²) in [6, 6.07) is 16.1. The highest BCUT2D eigenvalue weighted by atomic mass is 35.5. The van der Waals surface area contributed by atoms with E-state index in [0.717, 1.165) is 27.4 Å². The standard InChI is InChI=1S/C49H58ClFN8O7S2/c1-30-42(68-29-55-30)32-14-12-31(13-15-32)26-54-44(62)37-24-34(60)27-59(37)45(63)43(48(2,3)4)58-40(61)28-65-22-7-20-52-46(64)49(25-33-8-5-11-39(56-33)57-47-53-21-23-67-47)18-16-35(17-19-49)66-38-10-6-9-36(50)41(38)51/h5-6,8-15,21,23,29,34-35,37,43,60H,7,16-20,22,24-28H2,1-4H3,(H,52,64)(H,54,62)(H,58,61)(H,53,56,57)/t34-,35?,37+,43-,49?/m1/s1. The topological polar surface area (TPSA) is 197 Å². The Balaban J connectivity index is 0.895. The molecule has 2 aliphatic rings. The number of benzene rings is 2. The summed E-state index contributed by atoms with van der Waals surface area (Å²) in [5.74, 6) is -1.46. The van der Waals surface area contributed by atoms with Gasteiger partial charge in [0.25, 0.3) is 0 Å². The van der Waals surface area contributed by atoms with E-state index in [4.69, 9.17) is 26.1 Å². The molecule has 5 N–H and O–H groups in total. The van der Waals surface area contributed by atoms with Gasteiger partial charge in [0.1, 0.15) is 24.5 Å². The molecule has 0 radical (unpaired) electrons. The molecule has 7 rings (SSSR count). The van der Waals surface area contributed by atoms with Gasteiger partial charge in [0, 0.05) is 56.4 Å². The Morgan fingerprint density at radius 1 is 1.01 bits per heavy atom. The molecule has 0 bridgehead atoms. The molecule has 3 atom stereocenters. The third kappa shape index (κ3) is 13.0. The number of amides is 4. The summed E-state index contributed by atoms with van der Waals surface area (Å²) in [5, 5.41) is 25.2. The molecule has 0 spiro atoms. The fourth-order valence-electron chi connectivity index (χ4n) is 8.60. The number of aryl methyl sites for hydroxylation is 1. The van der Waals surface area contributed by atoms with Crippen LogP contribution in [0.15, 0.2) is 77.8 Å². The number of nitrogens with one attached hydrogen (secondary N) is 4. The Morgan fingerprint density at radius 3 is 2.49 bits per heavy atom. The number of rotatable bonds is 19. The van der Waals surface area contributed by atoms with E-state index in [-0.39, 0.29) is 62.1 Å². The Labute approximate surface area is 408 Å². The number of hydrogen-bond acceptors (Lipinski definition) is 13. The van der Waals surface area contributed by atoms with Crippen molar-refractivity contribution in [2.45, 2.75) is 103 Å². The van der Waals surface area contributed by atoms with Crippen LogP contribution < -0.4 is 26.0 Å². The van der Waals surface area contributed by atoms with Gasteiger partial charge in [0.2, 0.25) is 23.6 Å². The Bertz CT molecular complexity index is 2510. The van der Waals surface area contributed by atoms with Crippen molar-refractivity contribution >= 4 is 68.9 Å². The monoisotopic (exact) mass is 988 g/mol. The van der Waals surface area contributed by atoms with Crippen LogP contribution in [0, 0.1) is 23.6 Å². The van der Waals surface area contributed by atoms with Gasteiger partial charge in [-0.3, -0.25) is 19.2 Å². The predicted molar refractivity (Wildman–Crippen MR) is 260 cm³/mol. The van der Waals surface area contributed by atoms with Crippen molar-refractivity contribution < 1.29 is 38.1 Å². The summed E-state index contributed by atoms with van der Waals surface area (Å²) in [5.41, 5.74) is 3.83. The second-order valence-electron chi connectivity index (χ2n) is 18.4. The minimum atomic E-state index is -1.01. The number of anilines is 2. The molecule has 362 valence electrons. The number of aliphatic hydroxyl groups is 1. The molecule has 1 aliphatic carbocycles. The predicted octanol–water partition coefficient (Wildman–Crippen LogP) is 7.39. The number of carbonyl (C=O) groups is 4. The maximum absolute atomic E-state index is 14.7. The third-order valence-electron chi connectivity index (χ3n) is 12.3. The fraction of sp³-hybridized carbons (Fsp3) is 0.449. The van der Waals surface area contributed by atoms with Gasteiger partial charge in [-0.25, -0.2) is 19.3 Å². The van der Waals surface area contributed by atoms with Crippen molar-refractivity contribution in [3.05, 3.63) is 106 Å². The van der Waals surface area contributed by atoms with Crippen molar-refractivity contribution in [2.24, 2.45) is 10.8 Å². The van der Waals surface area contributed by atoms with E-state index in [2.05, 4.69) is 31.2 Å². The number of carbonyl (C=O) groups excluding carboxylic acids is 4. The number of ether oxygens (including phenoxy) is 2. The van der Waals surface area contributed by atoms with E-state index < -0.39 is 52.6 Å². The summed E-state index contributed by atoms with van der Waals surface area (Å²) in [4.78, 5) is 70.8. The number of hydrogen-bond donors (Lipinski definition) is 5.